The van der Waals surface area contributed by atoms with Gasteiger partial charge >= 0.3 is 5.97 Å². The highest BCUT2D eigenvalue weighted by Gasteiger charge is 2.15. The Bertz CT molecular complexity index is 606. The second-order valence-corrected chi connectivity index (χ2v) is 4.44. The summed E-state index contributed by atoms with van der Waals surface area (Å²) in [5.74, 6) is -0.191. The van der Waals surface area contributed by atoms with Crippen molar-refractivity contribution in [3.05, 3.63) is 30.0 Å². The molecular weight excluding hydrogens is 230 g/mol. The molecule has 0 bridgehead atoms. The first kappa shape index (κ1) is 11.0. The third-order valence-electron chi connectivity index (χ3n) is 3.20. The van der Waals surface area contributed by atoms with Gasteiger partial charge in [-0.1, -0.05) is 0 Å². The number of hydrogen-bond acceptors (Lipinski definition) is 4. The van der Waals surface area contributed by atoms with Crippen LogP contribution < -0.4 is 4.90 Å². The molecule has 1 aromatic heterocycles. The van der Waals surface area contributed by atoms with E-state index in [4.69, 9.17) is 5.11 Å². The van der Waals surface area contributed by atoms with Crippen LogP contribution >= 0.6 is 0 Å². The van der Waals surface area contributed by atoms with Gasteiger partial charge in [-0.3, -0.25) is 0 Å². The average Bonchev–Trinajstić information content (AvgIpc) is 2.91. The molecule has 0 atom stereocenters. The number of carboxylic acid groups (broad SMARTS) is 1. The molecule has 0 unspecified atom stereocenters. The highest BCUT2D eigenvalue weighted by atomic mass is 16.4. The highest BCUT2D eigenvalue weighted by molar-refractivity contribution is 5.93. The molecule has 1 N–H and O–H groups in total. The van der Waals surface area contributed by atoms with E-state index in [1.807, 2.05) is 0 Å². The van der Waals surface area contributed by atoms with Crippen molar-refractivity contribution >= 4 is 22.8 Å². The third-order valence-corrected chi connectivity index (χ3v) is 3.20. The normalized spacial score (nSPS) is 15.2. The summed E-state index contributed by atoms with van der Waals surface area (Å²) in [6.45, 7) is 2.00. The third kappa shape index (κ3) is 1.88. The van der Waals surface area contributed by atoms with Crippen LogP contribution in [-0.2, 0) is 0 Å². The van der Waals surface area contributed by atoms with E-state index < -0.39 is 5.97 Å². The fraction of sp³-hybridized carbons (Fsp3) is 0.308. The second-order valence-electron chi connectivity index (χ2n) is 4.44. The second kappa shape index (κ2) is 4.25. The van der Waals surface area contributed by atoms with Crippen LogP contribution in [0.4, 0.5) is 5.95 Å². The minimum absolute atomic E-state index is 0.264. The molecular formula is C13H13N3O2. The lowest BCUT2D eigenvalue weighted by molar-refractivity contribution is 0.0697. The first-order valence-electron chi connectivity index (χ1n) is 5.99. The Kier molecular flexibility index (Phi) is 2.59. The molecule has 1 fully saturated rings. The van der Waals surface area contributed by atoms with E-state index >= 15 is 0 Å². The van der Waals surface area contributed by atoms with Gasteiger partial charge in [0, 0.05) is 24.7 Å². The number of anilines is 1. The van der Waals surface area contributed by atoms with Crippen LogP contribution in [0.3, 0.4) is 0 Å². The summed E-state index contributed by atoms with van der Waals surface area (Å²) >= 11 is 0. The van der Waals surface area contributed by atoms with Crippen LogP contribution in [0.5, 0.6) is 0 Å². The fourth-order valence-electron chi connectivity index (χ4n) is 2.23. The Morgan fingerprint density at radius 1 is 1.28 bits per heavy atom. The van der Waals surface area contributed by atoms with Crippen LogP contribution in [0.25, 0.3) is 10.9 Å². The minimum Gasteiger partial charge on any atom is -0.478 e. The molecule has 3 rings (SSSR count). The Morgan fingerprint density at radius 3 is 2.78 bits per heavy atom. The molecule has 0 amide bonds. The molecule has 1 aliphatic rings. The first-order chi connectivity index (χ1) is 8.74. The van der Waals surface area contributed by atoms with Crippen molar-refractivity contribution < 1.29 is 9.90 Å². The van der Waals surface area contributed by atoms with E-state index in [9.17, 15) is 4.79 Å². The molecule has 1 saturated heterocycles. The van der Waals surface area contributed by atoms with Gasteiger partial charge in [-0.25, -0.2) is 14.8 Å². The number of carboxylic acids is 1. The maximum absolute atomic E-state index is 10.9. The Morgan fingerprint density at radius 2 is 2.06 bits per heavy atom. The molecule has 5 nitrogen and oxygen atoms in total. The van der Waals surface area contributed by atoms with Gasteiger partial charge in [0.05, 0.1) is 11.1 Å². The van der Waals surface area contributed by atoms with Gasteiger partial charge in [0.15, 0.2) is 0 Å². The van der Waals surface area contributed by atoms with E-state index in [2.05, 4.69) is 14.9 Å². The zero-order chi connectivity index (χ0) is 12.5. The molecule has 2 heterocycles. The SMILES string of the molecule is O=C(O)c1ccc2nc(N3CCCC3)ncc2c1. The maximum atomic E-state index is 10.9. The van der Waals surface area contributed by atoms with Crippen LogP contribution in [0.2, 0.25) is 0 Å². The predicted octanol–water partition coefficient (Wildman–Crippen LogP) is 1.93. The molecule has 0 saturated carbocycles. The first-order valence-corrected chi connectivity index (χ1v) is 5.99. The van der Waals surface area contributed by atoms with Crippen molar-refractivity contribution in [1.29, 1.82) is 0 Å². The summed E-state index contributed by atoms with van der Waals surface area (Å²) in [6, 6.07) is 4.91. The van der Waals surface area contributed by atoms with Gasteiger partial charge in [-0.2, -0.15) is 0 Å². The quantitative estimate of drug-likeness (QED) is 0.873. The Labute approximate surface area is 104 Å². The van der Waals surface area contributed by atoms with Crippen molar-refractivity contribution in [2.24, 2.45) is 0 Å². The summed E-state index contributed by atoms with van der Waals surface area (Å²) in [6.07, 6.45) is 4.06. The summed E-state index contributed by atoms with van der Waals surface area (Å²) in [4.78, 5) is 21.8. The number of nitrogens with zero attached hydrogens (tertiary/aromatic N) is 3. The van der Waals surface area contributed by atoms with E-state index in [1.165, 1.54) is 12.8 Å². The number of aromatic carboxylic acids is 1. The van der Waals surface area contributed by atoms with E-state index in [-0.39, 0.29) is 5.56 Å². The smallest absolute Gasteiger partial charge is 0.335 e. The van der Waals surface area contributed by atoms with Gasteiger partial charge in [0.2, 0.25) is 5.95 Å². The van der Waals surface area contributed by atoms with Crippen LogP contribution in [-0.4, -0.2) is 34.1 Å². The molecule has 0 spiro atoms. The molecule has 0 aliphatic carbocycles. The number of benzene rings is 1. The standard InChI is InChI=1S/C13H13N3O2/c17-12(18)9-3-4-11-10(7-9)8-14-13(15-11)16-5-1-2-6-16/h3-4,7-8H,1-2,5-6H2,(H,17,18). The lowest BCUT2D eigenvalue weighted by Crippen LogP contribution is -2.20. The summed E-state index contributed by atoms with van der Waals surface area (Å²) in [7, 11) is 0. The monoisotopic (exact) mass is 243 g/mol. The van der Waals surface area contributed by atoms with Gasteiger partial charge in [0.1, 0.15) is 0 Å². The average molecular weight is 243 g/mol. The lowest BCUT2D eigenvalue weighted by atomic mass is 10.1. The molecule has 5 heteroatoms. The van der Waals surface area contributed by atoms with E-state index in [0.29, 0.717) is 0 Å². The Balaban J connectivity index is 2.02. The summed E-state index contributed by atoms with van der Waals surface area (Å²) < 4.78 is 0. The topological polar surface area (TPSA) is 66.3 Å². The van der Waals surface area contributed by atoms with Gasteiger partial charge in [-0.05, 0) is 31.0 Å². The van der Waals surface area contributed by atoms with Crippen molar-refractivity contribution in [3.8, 4) is 0 Å². The molecule has 0 radical (unpaired) electrons. The number of aromatic nitrogens is 2. The van der Waals surface area contributed by atoms with Crippen LogP contribution in [0.1, 0.15) is 23.2 Å². The number of hydrogen-bond donors (Lipinski definition) is 1. The van der Waals surface area contributed by atoms with Gasteiger partial charge < -0.3 is 10.0 Å². The Hall–Kier alpha value is -2.17. The van der Waals surface area contributed by atoms with Crippen LogP contribution in [0, 0.1) is 0 Å². The lowest BCUT2D eigenvalue weighted by Gasteiger charge is -2.14. The molecule has 92 valence electrons. The van der Waals surface area contributed by atoms with Crippen molar-refractivity contribution in [1.82, 2.24) is 9.97 Å². The van der Waals surface area contributed by atoms with Crippen molar-refractivity contribution in [2.45, 2.75) is 12.8 Å². The zero-order valence-corrected chi connectivity index (χ0v) is 9.83. The van der Waals surface area contributed by atoms with Crippen molar-refractivity contribution in [2.75, 3.05) is 18.0 Å². The van der Waals surface area contributed by atoms with E-state index in [0.717, 1.165) is 29.9 Å². The minimum atomic E-state index is -0.930. The van der Waals surface area contributed by atoms with E-state index in [1.54, 1.807) is 24.4 Å². The maximum Gasteiger partial charge on any atom is 0.335 e. The molecule has 18 heavy (non-hydrogen) atoms. The predicted molar refractivity (Wildman–Crippen MR) is 67.9 cm³/mol. The molecule has 1 aromatic carbocycles. The number of carbonyl (C=O) groups is 1. The summed E-state index contributed by atoms with van der Waals surface area (Å²) in [5, 5.41) is 9.68. The summed E-state index contributed by atoms with van der Waals surface area (Å²) in [5.41, 5.74) is 1.05. The largest absolute Gasteiger partial charge is 0.478 e. The fourth-order valence-corrected chi connectivity index (χ4v) is 2.23. The number of rotatable bonds is 2. The highest BCUT2D eigenvalue weighted by Crippen LogP contribution is 2.19. The number of fused-ring (bicyclic) bond motifs is 1. The van der Waals surface area contributed by atoms with Gasteiger partial charge in [-0.15, -0.1) is 0 Å². The zero-order valence-electron chi connectivity index (χ0n) is 9.83. The van der Waals surface area contributed by atoms with Crippen LogP contribution in [0.15, 0.2) is 24.4 Å². The van der Waals surface area contributed by atoms with Gasteiger partial charge in [0.25, 0.3) is 0 Å². The molecule has 1 aliphatic heterocycles. The van der Waals surface area contributed by atoms with Crippen molar-refractivity contribution in [3.63, 3.8) is 0 Å². The molecule has 2 aromatic rings.